The number of thioether (sulfide) groups is 1. The first kappa shape index (κ1) is 22.6. The van der Waals surface area contributed by atoms with Crippen LogP contribution < -0.4 is 10.6 Å². The van der Waals surface area contributed by atoms with E-state index in [2.05, 4.69) is 10.6 Å². The molecule has 0 bridgehead atoms. The van der Waals surface area contributed by atoms with Crippen LogP contribution in [0.25, 0.3) is 0 Å². The molecule has 11 heteroatoms. The van der Waals surface area contributed by atoms with Crippen LogP contribution in [0.3, 0.4) is 0 Å². The second kappa shape index (κ2) is 9.21. The Balaban J connectivity index is 1.81. The predicted octanol–water partition coefficient (Wildman–Crippen LogP) is 5.03. The molecule has 2 rings (SSSR count). The zero-order chi connectivity index (χ0) is 21.7. The minimum Gasteiger partial charge on any atom is -0.325 e. The third-order valence-electron chi connectivity index (χ3n) is 3.41. The van der Waals surface area contributed by atoms with Crippen molar-refractivity contribution in [1.29, 1.82) is 0 Å². The van der Waals surface area contributed by atoms with Crippen LogP contribution in [0.15, 0.2) is 48.5 Å². The van der Waals surface area contributed by atoms with Gasteiger partial charge in [-0.05, 0) is 36.4 Å². The van der Waals surface area contributed by atoms with Crippen LogP contribution in [0.5, 0.6) is 0 Å². The zero-order valence-electron chi connectivity index (χ0n) is 14.5. The summed E-state index contributed by atoms with van der Waals surface area (Å²) in [4.78, 5) is 23.6. The molecule has 2 aromatic rings. The molecule has 4 nitrogen and oxygen atoms in total. The second-order valence-corrected chi connectivity index (χ2v) is 6.73. The summed E-state index contributed by atoms with van der Waals surface area (Å²) in [5.41, 5.74) is -1.91. The molecule has 0 radical (unpaired) electrons. The Labute approximate surface area is 165 Å². The van der Waals surface area contributed by atoms with Gasteiger partial charge in [-0.2, -0.15) is 26.3 Å². The molecule has 0 atom stereocenters. The molecule has 0 aliphatic rings. The fourth-order valence-electron chi connectivity index (χ4n) is 2.18. The van der Waals surface area contributed by atoms with Gasteiger partial charge in [-0.3, -0.25) is 9.59 Å². The lowest BCUT2D eigenvalue weighted by molar-refractivity contribution is -0.138. The Kier molecular flexibility index (Phi) is 7.17. The van der Waals surface area contributed by atoms with E-state index in [-0.39, 0.29) is 22.9 Å². The first-order valence-corrected chi connectivity index (χ1v) is 9.12. The van der Waals surface area contributed by atoms with E-state index >= 15 is 0 Å². The highest BCUT2D eigenvalue weighted by atomic mass is 32.2. The summed E-state index contributed by atoms with van der Waals surface area (Å²) in [6, 6.07) is 8.16. The minimum atomic E-state index is -4.54. The number of halogens is 6. The molecule has 0 aromatic heterocycles. The van der Waals surface area contributed by atoms with E-state index in [4.69, 9.17) is 0 Å². The van der Waals surface area contributed by atoms with Crippen molar-refractivity contribution in [2.75, 3.05) is 22.1 Å². The number of nitrogens with one attached hydrogen (secondary N) is 2. The van der Waals surface area contributed by atoms with Gasteiger partial charge in [0.2, 0.25) is 11.8 Å². The Bertz CT molecular complexity index is 812. The lowest BCUT2D eigenvalue weighted by atomic mass is 10.2. The van der Waals surface area contributed by atoms with Gasteiger partial charge in [-0.15, -0.1) is 11.8 Å². The highest BCUT2D eigenvalue weighted by molar-refractivity contribution is 8.00. The van der Waals surface area contributed by atoms with Crippen LogP contribution >= 0.6 is 11.8 Å². The van der Waals surface area contributed by atoms with Crippen LogP contribution in [0.1, 0.15) is 11.1 Å². The summed E-state index contributed by atoms with van der Waals surface area (Å²) in [6.07, 6.45) is -9.09. The minimum absolute atomic E-state index is 0.0427. The Morgan fingerprint density at radius 1 is 0.724 bits per heavy atom. The third-order valence-corrected chi connectivity index (χ3v) is 4.35. The van der Waals surface area contributed by atoms with E-state index in [0.717, 1.165) is 48.2 Å². The van der Waals surface area contributed by atoms with Gasteiger partial charge in [0.25, 0.3) is 0 Å². The molecule has 0 fully saturated rings. The van der Waals surface area contributed by atoms with Crippen LogP contribution in [0.4, 0.5) is 37.7 Å². The van der Waals surface area contributed by atoms with Crippen molar-refractivity contribution in [3.8, 4) is 0 Å². The lowest BCUT2D eigenvalue weighted by Crippen LogP contribution is -2.19. The van der Waals surface area contributed by atoms with E-state index in [1.807, 2.05) is 0 Å². The molecule has 156 valence electrons. The van der Waals surface area contributed by atoms with Crippen molar-refractivity contribution in [2.45, 2.75) is 12.4 Å². The number of carbonyl (C=O) groups excluding carboxylic acids is 2. The highest BCUT2D eigenvalue weighted by Gasteiger charge is 2.31. The molecule has 0 spiro atoms. The van der Waals surface area contributed by atoms with Crippen LogP contribution in [0.2, 0.25) is 0 Å². The summed E-state index contributed by atoms with van der Waals surface area (Å²) in [7, 11) is 0. The zero-order valence-corrected chi connectivity index (χ0v) is 15.3. The van der Waals surface area contributed by atoms with Gasteiger partial charge in [0.05, 0.1) is 22.6 Å². The summed E-state index contributed by atoms with van der Waals surface area (Å²) in [5.74, 6) is -1.71. The largest absolute Gasteiger partial charge is 0.416 e. The maximum absolute atomic E-state index is 12.6. The first-order chi connectivity index (χ1) is 13.4. The van der Waals surface area contributed by atoms with Crippen molar-refractivity contribution < 1.29 is 35.9 Å². The van der Waals surface area contributed by atoms with Crippen molar-refractivity contribution in [1.82, 2.24) is 0 Å². The lowest BCUT2D eigenvalue weighted by Gasteiger charge is -2.10. The summed E-state index contributed by atoms with van der Waals surface area (Å²) < 4.78 is 75.9. The number of hydrogen-bond acceptors (Lipinski definition) is 3. The van der Waals surface area contributed by atoms with E-state index < -0.39 is 35.3 Å². The normalized spacial score (nSPS) is 11.8. The molecular formula is C18H14F6N2O2S. The number of rotatable bonds is 6. The topological polar surface area (TPSA) is 58.2 Å². The van der Waals surface area contributed by atoms with E-state index in [1.54, 1.807) is 0 Å². The molecule has 0 heterocycles. The van der Waals surface area contributed by atoms with Gasteiger partial charge in [-0.25, -0.2) is 0 Å². The number of anilines is 2. The van der Waals surface area contributed by atoms with Crippen molar-refractivity contribution in [3.63, 3.8) is 0 Å². The molecule has 0 saturated heterocycles. The molecule has 29 heavy (non-hydrogen) atoms. The SMILES string of the molecule is O=C(CSCC(=O)Nc1cccc(C(F)(F)F)c1)Nc1cccc(C(F)(F)F)c1. The maximum Gasteiger partial charge on any atom is 0.416 e. The quantitative estimate of drug-likeness (QED) is 0.625. The van der Waals surface area contributed by atoms with Crippen molar-refractivity contribution in [2.24, 2.45) is 0 Å². The predicted molar refractivity (Wildman–Crippen MR) is 97.5 cm³/mol. The van der Waals surface area contributed by atoms with Gasteiger partial charge in [0.1, 0.15) is 0 Å². The molecule has 2 aromatic carbocycles. The Morgan fingerprint density at radius 3 is 1.45 bits per heavy atom. The number of hydrogen-bond donors (Lipinski definition) is 2. The molecule has 0 unspecified atom stereocenters. The Morgan fingerprint density at radius 2 is 1.10 bits per heavy atom. The van der Waals surface area contributed by atoms with E-state index in [0.29, 0.717) is 0 Å². The van der Waals surface area contributed by atoms with Gasteiger partial charge in [-0.1, -0.05) is 12.1 Å². The number of alkyl halides is 6. The maximum atomic E-state index is 12.6. The Hall–Kier alpha value is -2.69. The molecule has 2 amide bonds. The molecule has 2 N–H and O–H groups in total. The van der Waals surface area contributed by atoms with Gasteiger partial charge in [0.15, 0.2) is 0 Å². The smallest absolute Gasteiger partial charge is 0.325 e. The fourth-order valence-corrected chi connectivity index (χ4v) is 2.79. The molecule has 0 aliphatic carbocycles. The monoisotopic (exact) mass is 436 g/mol. The highest BCUT2D eigenvalue weighted by Crippen LogP contribution is 2.31. The number of amides is 2. The standard InChI is InChI=1S/C18H14F6N2O2S/c19-17(20,21)11-3-1-5-13(7-11)25-15(27)9-29-10-16(28)26-14-6-2-4-12(8-14)18(22,23)24/h1-8H,9-10H2,(H,25,27)(H,26,28). The van der Waals surface area contributed by atoms with E-state index in [9.17, 15) is 35.9 Å². The number of carbonyl (C=O) groups is 2. The molecular weight excluding hydrogens is 422 g/mol. The van der Waals surface area contributed by atoms with Crippen LogP contribution in [-0.2, 0) is 21.9 Å². The van der Waals surface area contributed by atoms with Crippen molar-refractivity contribution >= 4 is 35.0 Å². The average molecular weight is 436 g/mol. The van der Waals surface area contributed by atoms with E-state index in [1.165, 1.54) is 12.1 Å². The average Bonchev–Trinajstić information content (AvgIpc) is 2.60. The summed E-state index contributed by atoms with van der Waals surface area (Å²) >= 11 is 0.859. The first-order valence-electron chi connectivity index (χ1n) is 7.97. The molecule has 0 saturated carbocycles. The third kappa shape index (κ3) is 7.33. The number of benzene rings is 2. The van der Waals surface area contributed by atoms with Crippen molar-refractivity contribution in [3.05, 3.63) is 59.7 Å². The summed E-state index contributed by atoms with van der Waals surface area (Å²) in [5, 5.41) is 4.57. The van der Waals surface area contributed by atoms with Gasteiger partial charge in [0, 0.05) is 11.4 Å². The van der Waals surface area contributed by atoms with Gasteiger partial charge >= 0.3 is 12.4 Å². The fraction of sp³-hybridized carbons (Fsp3) is 0.222. The molecule has 0 aliphatic heterocycles. The van der Waals surface area contributed by atoms with Gasteiger partial charge < -0.3 is 10.6 Å². The second-order valence-electron chi connectivity index (χ2n) is 5.75. The van der Waals surface area contributed by atoms with Crippen LogP contribution in [0, 0.1) is 0 Å². The summed E-state index contributed by atoms with van der Waals surface area (Å²) in [6.45, 7) is 0. The van der Waals surface area contributed by atoms with Crippen LogP contribution in [-0.4, -0.2) is 23.3 Å².